The van der Waals surface area contributed by atoms with Crippen LogP contribution in [0.4, 0.5) is 0 Å². The highest BCUT2D eigenvalue weighted by molar-refractivity contribution is 5.98. The molecular weight excluding hydrogens is 222 g/mol. The summed E-state index contributed by atoms with van der Waals surface area (Å²) in [4.78, 5) is 4.67. The van der Waals surface area contributed by atoms with Crippen LogP contribution in [-0.2, 0) is 4.74 Å². The summed E-state index contributed by atoms with van der Waals surface area (Å²) in [6.45, 7) is 2.09. The molecule has 0 amide bonds. The standard InChI is InChI=1S/C16H15NO/c1-11-7-9-12(10-8-11)15-13-5-3-4-6-14(13)16(17-15)18-2/h3-10,15H,1-2H3. The number of fused-ring (bicyclic) bond motifs is 1. The molecule has 0 radical (unpaired) electrons. The largest absolute Gasteiger partial charge is 0.481 e. The van der Waals surface area contributed by atoms with Gasteiger partial charge in [0, 0.05) is 5.56 Å². The maximum Gasteiger partial charge on any atom is 0.217 e. The van der Waals surface area contributed by atoms with Crippen molar-refractivity contribution in [3.63, 3.8) is 0 Å². The van der Waals surface area contributed by atoms with Crippen molar-refractivity contribution in [3.8, 4) is 0 Å². The van der Waals surface area contributed by atoms with Gasteiger partial charge in [0.15, 0.2) is 0 Å². The summed E-state index contributed by atoms with van der Waals surface area (Å²) in [5, 5.41) is 0. The van der Waals surface area contributed by atoms with Gasteiger partial charge in [-0.3, -0.25) is 0 Å². The zero-order chi connectivity index (χ0) is 12.5. The average Bonchev–Trinajstić information content (AvgIpc) is 2.79. The Morgan fingerprint density at radius 1 is 1.00 bits per heavy atom. The second-order valence-corrected chi connectivity index (χ2v) is 4.54. The van der Waals surface area contributed by atoms with Crippen LogP contribution in [0.1, 0.15) is 28.3 Å². The summed E-state index contributed by atoms with van der Waals surface area (Å²) in [5.74, 6) is 0.733. The quantitative estimate of drug-likeness (QED) is 0.744. The van der Waals surface area contributed by atoms with Crippen molar-refractivity contribution in [3.05, 3.63) is 70.8 Å². The van der Waals surface area contributed by atoms with Gasteiger partial charge in [0.25, 0.3) is 0 Å². The van der Waals surface area contributed by atoms with Gasteiger partial charge in [-0.05, 0) is 24.1 Å². The normalized spacial score (nSPS) is 17.2. The third-order valence-electron chi connectivity index (χ3n) is 3.32. The third-order valence-corrected chi connectivity index (χ3v) is 3.32. The monoisotopic (exact) mass is 237 g/mol. The average molecular weight is 237 g/mol. The van der Waals surface area contributed by atoms with E-state index in [0.717, 1.165) is 11.5 Å². The lowest BCUT2D eigenvalue weighted by Crippen LogP contribution is -1.99. The van der Waals surface area contributed by atoms with E-state index in [0.29, 0.717) is 0 Å². The van der Waals surface area contributed by atoms with Crippen molar-refractivity contribution in [2.45, 2.75) is 13.0 Å². The molecule has 2 nitrogen and oxygen atoms in total. The summed E-state index contributed by atoms with van der Waals surface area (Å²) < 4.78 is 5.36. The molecule has 1 heterocycles. The Bertz CT molecular complexity index is 599. The SMILES string of the molecule is COC1=NC(c2ccc(C)cc2)c2ccccc21. The van der Waals surface area contributed by atoms with Gasteiger partial charge >= 0.3 is 0 Å². The highest BCUT2D eigenvalue weighted by Gasteiger charge is 2.26. The van der Waals surface area contributed by atoms with Gasteiger partial charge in [-0.15, -0.1) is 0 Å². The van der Waals surface area contributed by atoms with Gasteiger partial charge in [-0.1, -0.05) is 48.0 Å². The van der Waals surface area contributed by atoms with Crippen molar-refractivity contribution in [1.29, 1.82) is 0 Å². The number of methoxy groups -OCH3 is 1. The fourth-order valence-electron chi connectivity index (χ4n) is 2.35. The minimum absolute atomic E-state index is 0.0664. The van der Waals surface area contributed by atoms with Crippen LogP contribution in [0, 0.1) is 6.92 Å². The fourth-order valence-corrected chi connectivity index (χ4v) is 2.35. The molecule has 0 saturated carbocycles. The van der Waals surface area contributed by atoms with E-state index in [1.807, 2.05) is 12.1 Å². The second kappa shape index (κ2) is 4.30. The van der Waals surface area contributed by atoms with Gasteiger partial charge < -0.3 is 4.74 Å². The van der Waals surface area contributed by atoms with Crippen LogP contribution in [0.25, 0.3) is 0 Å². The number of ether oxygens (including phenoxy) is 1. The van der Waals surface area contributed by atoms with Gasteiger partial charge in [-0.25, -0.2) is 4.99 Å². The Kier molecular flexibility index (Phi) is 2.63. The summed E-state index contributed by atoms with van der Waals surface area (Å²) >= 11 is 0. The second-order valence-electron chi connectivity index (χ2n) is 4.54. The summed E-state index contributed by atoms with van der Waals surface area (Å²) in [7, 11) is 1.67. The lowest BCUT2D eigenvalue weighted by atomic mass is 9.97. The fraction of sp³-hybridized carbons (Fsp3) is 0.188. The van der Waals surface area contributed by atoms with Gasteiger partial charge in [0.2, 0.25) is 5.90 Å². The smallest absolute Gasteiger partial charge is 0.217 e. The molecular formula is C16H15NO. The van der Waals surface area contributed by atoms with Crippen LogP contribution in [0.5, 0.6) is 0 Å². The molecule has 1 unspecified atom stereocenters. The topological polar surface area (TPSA) is 21.6 Å². The summed E-state index contributed by atoms with van der Waals surface area (Å²) in [6.07, 6.45) is 0. The highest BCUT2D eigenvalue weighted by Crippen LogP contribution is 2.34. The molecule has 1 atom stereocenters. The molecule has 0 fully saturated rings. The van der Waals surface area contributed by atoms with Crippen molar-refractivity contribution >= 4 is 5.90 Å². The molecule has 0 spiro atoms. The van der Waals surface area contributed by atoms with E-state index in [4.69, 9.17) is 4.74 Å². The number of aliphatic imine (C=N–C) groups is 1. The molecule has 1 aliphatic heterocycles. The van der Waals surface area contributed by atoms with Crippen molar-refractivity contribution in [2.24, 2.45) is 4.99 Å². The zero-order valence-electron chi connectivity index (χ0n) is 10.6. The molecule has 0 N–H and O–H groups in total. The first-order chi connectivity index (χ1) is 8.79. The molecule has 18 heavy (non-hydrogen) atoms. The lowest BCUT2D eigenvalue weighted by Gasteiger charge is -2.09. The Hall–Kier alpha value is -2.09. The summed E-state index contributed by atoms with van der Waals surface area (Å²) in [6, 6.07) is 16.8. The minimum atomic E-state index is 0.0664. The molecule has 3 rings (SSSR count). The van der Waals surface area contributed by atoms with Crippen LogP contribution in [0.3, 0.4) is 0 Å². The highest BCUT2D eigenvalue weighted by atomic mass is 16.5. The molecule has 2 heteroatoms. The number of rotatable bonds is 1. The predicted octanol–water partition coefficient (Wildman–Crippen LogP) is 3.49. The number of nitrogens with zero attached hydrogens (tertiary/aromatic N) is 1. The summed E-state index contributed by atoms with van der Waals surface area (Å²) in [5.41, 5.74) is 4.80. The number of hydrogen-bond acceptors (Lipinski definition) is 2. The van der Waals surface area contributed by atoms with E-state index in [-0.39, 0.29) is 6.04 Å². The molecule has 1 aliphatic rings. The van der Waals surface area contributed by atoms with E-state index in [1.54, 1.807) is 7.11 Å². The maximum absolute atomic E-state index is 5.36. The van der Waals surface area contributed by atoms with Gasteiger partial charge in [0.1, 0.15) is 6.04 Å². The van der Waals surface area contributed by atoms with Crippen molar-refractivity contribution in [2.75, 3.05) is 7.11 Å². The van der Waals surface area contributed by atoms with Gasteiger partial charge in [0.05, 0.1) is 7.11 Å². The first-order valence-corrected chi connectivity index (χ1v) is 6.07. The Morgan fingerprint density at radius 2 is 1.72 bits per heavy atom. The Balaban J connectivity index is 2.09. The van der Waals surface area contributed by atoms with Crippen LogP contribution in [0.2, 0.25) is 0 Å². The molecule has 90 valence electrons. The molecule has 0 aromatic heterocycles. The molecule has 0 bridgehead atoms. The van der Waals surface area contributed by atoms with E-state index >= 15 is 0 Å². The van der Waals surface area contributed by atoms with E-state index in [2.05, 4.69) is 48.3 Å². The van der Waals surface area contributed by atoms with Crippen LogP contribution in [-0.4, -0.2) is 13.0 Å². The molecule has 0 aliphatic carbocycles. The Labute approximate surface area is 107 Å². The van der Waals surface area contributed by atoms with Crippen molar-refractivity contribution < 1.29 is 4.74 Å². The predicted molar refractivity (Wildman–Crippen MR) is 73.0 cm³/mol. The Morgan fingerprint density at radius 3 is 2.44 bits per heavy atom. The van der Waals surface area contributed by atoms with E-state index in [9.17, 15) is 0 Å². The van der Waals surface area contributed by atoms with E-state index < -0.39 is 0 Å². The number of benzene rings is 2. The number of hydrogen-bond donors (Lipinski definition) is 0. The van der Waals surface area contributed by atoms with Crippen LogP contribution in [0.15, 0.2) is 53.5 Å². The zero-order valence-corrected chi connectivity index (χ0v) is 10.6. The van der Waals surface area contributed by atoms with Crippen molar-refractivity contribution in [1.82, 2.24) is 0 Å². The van der Waals surface area contributed by atoms with E-state index in [1.165, 1.54) is 16.7 Å². The lowest BCUT2D eigenvalue weighted by molar-refractivity contribution is 0.404. The minimum Gasteiger partial charge on any atom is -0.481 e. The molecule has 2 aromatic rings. The number of aryl methyl sites for hydroxylation is 1. The first kappa shape index (κ1) is 11.0. The third kappa shape index (κ3) is 1.70. The first-order valence-electron chi connectivity index (χ1n) is 6.07. The van der Waals surface area contributed by atoms with Crippen LogP contribution >= 0.6 is 0 Å². The van der Waals surface area contributed by atoms with Crippen LogP contribution < -0.4 is 0 Å². The maximum atomic E-state index is 5.36. The molecule has 2 aromatic carbocycles. The van der Waals surface area contributed by atoms with Gasteiger partial charge in [-0.2, -0.15) is 0 Å². The molecule has 0 saturated heterocycles.